The van der Waals surface area contributed by atoms with Crippen LogP contribution < -0.4 is 5.32 Å². The topological polar surface area (TPSA) is 95.9 Å². The van der Waals surface area contributed by atoms with Crippen LogP contribution in [-0.4, -0.2) is 53.2 Å². The van der Waals surface area contributed by atoms with Crippen molar-refractivity contribution in [3.63, 3.8) is 0 Å². The van der Waals surface area contributed by atoms with Gasteiger partial charge in [0.1, 0.15) is 18.2 Å². The molecule has 2 aromatic rings. The molecule has 0 aliphatic heterocycles. The number of nitrogens with zero attached hydrogens (tertiary/aromatic N) is 1. The second-order valence-electron chi connectivity index (χ2n) is 9.66. The number of carbonyl (C=O) groups excluding carboxylic acids is 2. The molecule has 1 fully saturated rings. The van der Waals surface area contributed by atoms with Gasteiger partial charge in [-0.3, -0.25) is 4.79 Å². The molecule has 0 aromatic heterocycles. The van der Waals surface area contributed by atoms with E-state index in [0.717, 1.165) is 35.1 Å². The van der Waals surface area contributed by atoms with Crippen LogP contribution in [0.2, 0.25) is 0 Å². The number of likely N-dealkylation sites (N-methyl/N-ethyl adjacent to an activating group) is 1. The molecule has 3 atom stereocenters. The highest BCUT2D eigenvalue weighted by atomic mass is 16.5. The molecule has 0 heterocycles. The number of alkyl carbamates (subject to hydrolysis) is 1. The van der Waals surface area contributed by atoms with Gasteiger partial charge in [0.15, 0.2) is 0 Å². The number of nitrogens with one attached hydrogen (secondary N) is 1. The van der Waals surface area contributed by atoms with Crippen LogP contribution in [0, 0.1) is 5.92 Å². The summed E-state index contributed by atoms with van der Waals surface area (Å²) in [6.45, 7) is 3.66. The molecule has 2 N–H and O–H groups in total. The monoisotopic (exact) mass is 464 g/mol. The zero-order valence-corrected chi connectivity index (χ0v) is 19.9. The Bertz CT molecular complexity index is 1050. The first-order valence-electron chi connectivity index (χ1n) is 11.9. The first-order valence-corrected chi connectivity index (χ1v) is 11.9. The van der Waals surface area contributed by atoms with Crippen molar-refractivity contribution >= 4 is 18.0 Å². The third-order valence-electron chi connectivity index (χ3n) is 7.35. The summed E-state index contributed by atoms with van der Waals surface area (Å²) in [6, 6.07) is 15.2. The van der Waals surface area contributed by atoms with Crippen molar-refractivity contribution in [3.05, 3.63) is 59.7 Å². The normalized spacial score (nSPS) is 22.3. The van der Waals surface area contributed by atoms with Crippen LogP contribution in [0.25, 0.3) is 11.1 Å². The molecule has 180 valence electrons. The number of ether oxygens (including phenoxy) is 1. The standard InChI is InChI=1S/C27H32N2O5/c1-17-9-8-14-27(15-17,25(32)29(3)18(2)24(30)31)28-26(33)34-16-23-21-12-6-4-10-19(21)20-11-5-7-13-22(20)23/h4-7,10-13,17-18,23H,8-9,14-16H2,1-3H3,(H,28,33)(H,30,31). The highest BCUT2D eigenvalue weighted by molar-refractivity contribution is 5.92. The van der Waals surface area contributed by atoms with Crippen LogP contribution in [0.3, 0.4) is 0 Å². The van der Waals surface area contributed by atoms with E-state index in [1.165, 1.54) is 18.9 Å². The number of aliphatic carboxylic acids is 1. The number of hydrogen-bond acceptors (Lipinski definition) is 4. The minimum Gasteiger partial charge on any atom is -0.480 e. The molecule has 0 bridgehead atoms. The van der Waals surface area contributed by atoms with Crippen LogP contribution in [-0.2, 0) is 14.3 Å². The van der Waals surface area contributed by atoms with Gasteiger partial charge in [0.05, 0.1) is 0 Å². The van der Waals surface area contributed by atoms with Gasteiger partial charge in [-0.1, -0.05) is 68.3 Å². The number of carboxylic acid groups (broad SMARTS) is 1. The van der Waals surface area contributed by atoms with Crippen LogP contribution in [0.15, 0.2) is 48.5 Å². The summed E-state index contributed by atoms with van der Waals surface area (Å²) < 4.78 is 5.70. The predicted molar refractivity (Wildman–Crippen MR) is 128 cm³/mol. The highest BCUT2D eigenvalue weighted by Crippen LogP contribution is 2.44. The van der Waals surface area contributed by atoms with Crippen LogP contribution >= 0.6 is 0 Å². The van der Waals surface area contributed by atoms with E-state index < -0.39 is 23.6 Å². The van der Waals surface area contributed by atoms with Gasteiger partial charge in [-0.05, 0) is 47.9 Å². The first kappa shape index (κ1) is 23.8. The second kappa shape index (κ2) is 9.49. The second-order valence-corrected chi connectivity index (χ2v) is 9.66. The smallest absolute Gasteiger partial charge is 0.408 e. The Morgan fingerprint density at radius 2 is 1.71 bits per heavy atom. The maximum absolute atomic E-state index is 13.4. The van der Waals surface area contributed by atoms with Crippen molar-refractivity contribution in [2.75, 3.05) is 13.7 Å². The van der Waals surface area contributed by atoms with Crippen molar-refractivity contribution < 1.29 is 24.2 Å². The zero-order chi connectivity index (χ0) is 24.5. The van der Waals surface area contributed by atoms with Gasteiger partial charge in [-0.25, -0.2) is 9.59 Å². The quantitative estimate of drug-likeness (QED) is 0.660. The van der Waals surface area contributed by atoms with Gasteiger partial charge in [0.25, 0.3) is 0 Å². The summed E-state index contributed by atoms with van der Waals surface area (Å²) in [6.07, 6.45) is 1.98. The third-order valence-corrected chi connectivity index (χ3v) is 7.35. The summed E-state index contributed by atoms with van der Waals surface area (Å²) in [7, 11) is 1.47. The van der Waals surface area contributed by atoms with E-state index in [0.29, 0.717) is 12.8 Å². The van der Waals surface area contributed by atoms with Crippen molar-refractivity contribution in [1.29, 1.82) is 0 Å². The Balaban J connectivity index is 1.51. The van der Waals surface area contributed by atoms with Gasteiger partial charge in [0, 0.05) is 13.0 Å². The summed E-state index contributed by atoms with van der Waals surface area (Å²) >= 11 is 0. The Hall–Kier alpha value is -3.35. The van der Waals surface area contributed by atoms with Crippen LogP contribution in [0.5, 0.6) is 0 Å². The van der Waals surface area contributed by atoms with E-state index >= 15 is 0 Å². The summed E-state index contributed by atoms with van der Waals surface area (Å²) in [5, 5.41) is 12.2. The average Bonchev–Trinajstić information content (AvgIpc) is 3.15. The van der Waals surface area contributed by atoms with Crippen LogP contribution in [0.4, 0.5) is 4.79 Å². The zero-order valence-electron chi connectivity index (χ0n) is 19.9. The number of carboxylic acids is 1. The Morgan fingerprint density at radius 3 is 2.26 bits per heavy atom. The van der Waals surface area contributed by atoms with E-state index in [4.69, 9.17) is 4.74 Å². The average molecular weight is 465 g/mol. The number of rotatable bonds is 6. The van der Waals surface area contributed by atoms with Gasteiger partial charge in [-0.15, -0.1) is 0 Å². The van der Waals surface area contributed by atoms with Crippen molar-refractivity contribution in [2.24, 2.45) is 5.92 Å². The first-order chi connectivity index (χ1) is 16.2. The Kier molecular flexibility index (Phi) is 6.64. The molecule has 2 aromatic carbocycles. The van der Waals surface area contributed by atoms with Crippen molar-refractivity contribution in [1.82, 2.24) is 10.2 Å². The molecule has 2 amide bonds. The van der Waals surface area contributed by atoms with E-state index in [9.17, 15) is 19.5 Å². The molecular weight excluding hydrogens is 432 g/mol. The highest BCUT2D eigenvalue weighted by Gasteiger charge is 2.46. The van der Waals surface area contributed by atoms with E-state index in [-0.39, 0.29) is 24.3 Å². The van der Waals surface area contributed by atoms with Gasteiger partial charge >= 0.3 is 12.1 Å². The van der Waals surface area contributed by atoms with E-state index in [2.05, 4.69) is 29.6 Å². The molecular formula is C27H32N2O5. The maximum Gasteiger partial charge on any atom is 0.408 e. The fourth-order valence-electron chi connectivity index (χ4n) is 5.42. The lowest BCUT2D eigenvalue weighted by molar-refractivity contribution is -0.152. The summed E-state index contributed by atoms with van der Waals surface area (Å²) in [5.74, 6) is -1.33. The number of hydrogen-bond donors (Lipinski definition) is 2. The third kappa shape index (κ3) is 4.39. The fraction of sp³-hybridized carbons (Fsp3) is 0.444. The molecule has 7 heteroatoms. The van der Waals surface area contributed by atoms with Crippen molar-refractivity contribution in [2.45, 2.75) is 57.0 Å². The van der Waals surface area contributed by atoms with Gasteiger partial charge < -0.3 is 20.1 Å². The molecule has 0 saturated heterocycles. The minimum atomic E-state index is -1.17. The minimum absolute atomic E-state index is 0.0789. The molecule has 1 saturated carbocycles. The molecule has 0 radical (unpaired) electrons. The molecule has 4 rings (SSSR count). The largest absolute Gasteiger partial charge is 0.480 e. The SMILES string of the molecule is CC1CCCC(NC(=O)OCC2c3ccccc3-c3ccccc32)(C(=O)N(C)C(C)C(=O)O)C1. The molecule has 3 unspecified atom stereocenters. The number of fused-ring (bicyclic) bond motifs is 3. The maximum atomic E-state index is 13.4. The number of benzene rings is 2. The summed E-state index contributed by atoms with van der Waals surface area (Å²) in [5.41, 5.74) is 3.35. The van der Waals surface area contributed by atoms with Crippen LogP contribution in [0.1, 0.15) is 56.6 Å². The lowest BCUT2D eigenvalue weighted by atomic mass is 9.75. The van der Waals surface area contributed by atoms with Crippen molar-refractivity contribution in [3.8, 4) is 11.1 Å². The molecule has 34 heavy (non-hydrogen) atoms. The van der Waals surface area contributed by atoms with Gasteiger partial charge in [0.2, 0.25) is 5.91 Å². The lowest BCUT2D eigenvalue weighted by Gasteiger charge is -2.42. The summed E-state index contributed by atoms with van der Waals surface area (Å²) in [4.78, 5) is 39.1. The van der Waals surface area contributed by atoms with E-state index in [1.54, 1.807) is 0 Å². The molecule has 2 aliphatic rings. The van der Waals surface area contributed by atoms with E-state index in [1.807, 2.05) is 31.2 Å². The molecule has 2 aliphatic carbocycles. The predicted octanol–water partition coefficient (Wildman–Crippen LogP) is 4.41. The lowest BCUT2D eigenvalue weighted by Crippen LogP contribution is -2.62. The Morgan fingerprint density at radius 1 is 1.12 bits per heavy atom. The van der Waals surface area contributed by atoms with Gasteiger partial charge in [-0.2, -0.15) is 0 Å². The molecule has 7 nitrogen and oxygen atoms in total. The number of amides is 2. The number of carbonyl (C=O) groups is 3. The Labute approximate surface area is 200 Å². The molecule has 0 spiro atoms. The fourth-order valence-corrected chi connectivity index (χ4v) is 5.42.